The molecule has 0 aromatic heterocycles. The Morgan fingerprint density at radius 2 is 1.23 bits per heavy atom. The summed E-state index contributed by atoms with van der Waals surface area (Å²) in [6.45, 7) is 7.55. The predicted octanol–water partition coefficient (Wildman–Crippen LogP) is 10.4. The highest BCUT2D eigenvalue weighted by Crippen LogP contribution is 2.15. The van der Waals surface area contributed by atoms with E-state index < -0.39 is 0 Å². The second-order valence-corrected chi connectivity index (χ2v) is 10.8. The van der Waals surface area contributed by atoms with E-state index in [0.29, 0.717) is 12.2 Å². The van der Waals surface area contributed by atoms with Gasteiger partial charge in [0.15, 0.2) is 5.78 Å². The number of carbonyl (C=O) groups excluding carboxylic acids is 1. The van der Waals surface area contributed by atoms with Crippen LogP contribution in [0.25, 0.3) is 11.6 Å². The van der Waals surface area contributed by atoms with Gasteiger partial charge in [0.25, 0.3) is 0 Å². The number of carbonyl (C=O) groups is 1. The van der Waals surface area contributed by atoms with Crippen molar-refractivity contribution in [2.75, 3.05) is 6.61 Å². The highest BCUT2D eigenvalue weighted by atomic mass is 19.1. The van der Waals surface area contributed by atoms with Crippen molar-refractivity contribution in [2.24, 2.45) is 0 Å². The van der Waals surface area contributed by atoms with Crippen LogP contribution in [0, 0.1) is 5.82 Å². The largest absolute Gasteiger partial charge is 0.377 e. The van der Waals surface area contributed by atoms with Crippen LogP contribution in [0.2, 0.25) is 0 Å². The van der Waals surface area contributed by atoms with Crippen LogP contribution in [0.1, 0.15) is 104 Å². The van der Waals surface area contributed by atoms with Crippen molar-refractivity contribution in [3.05, 3.63) is 119 Å². The number of benzene rings is 3. The molecular weight excluding hydrogens is 495 g/mol. The van der Waals surface area contributed by atoms with E-state index in [1.807, 2.05) is 13.0 Å². The second kappa shape index (κ2) is 18.1. The van der Waals surface area contributed by atoms with E-state index in [2.05, 4.69) is 55.1 Å². The van der Waals surface area contributed by atoms with E-state index in [4.69, 9.17) is 4.74 Å². The lowest BCUT2D eigenvalue weighted by Gasteiger charge is -2.06. The number of unbranched alkanes of at least 4 members (excludes halogenated alkanes) is 9. The van der Waals surface area contributed by atoms with Crippen molar-refractivity contribution in [2.45, 2.75) is 84.2 Å². The third-order valence-electron chi connectivity index (χ3n) is 7.26. The molecule has 0 bridgehead atoms. The minimum Gasteiger partial charge on any atom is -0.377 e. The van der Waals surface area contributed by atoms with Crippen LogP contribution >= 0.6 is 0 Å². The van der Waals surface area contributed by atoms with Crippen LogP contribution < -0.4 is 0 Å². The summed E-state index contributed by atoms with van der Waals surface area (Å²) < 4.78 is 18.8. The molecule has 3 rings (SSSR count). The molecule has 0 atom stereocenters. The van der Waals surface area contributed by atoms with E-state index in [1.54, 1.807) is 6.08 Å². The van der Waals surface area contributed by atoms with Crippen molar-refractivity contribution >= 4 is 17.4 Å². The molecule has 0 N–H and O–H groups in total. The van der Waals surface area contributed by atoms with Gasteiger partial charge in [-0.1, -0.05) is 118 Å². The molecule has 0 saturated heterocycles. The van der Waals surface area contributed by atoms with Crippen molar-refractivity contribution in [3.63, 3.8) is 0 Å². The Labute approximate surface area is 241 Å². The lowest BCUT2D eigenvalue weighted by atomic mass is 10.0. The molecule has 3 aromatic rings. The Morgan fingerprint density at radius 3 is 1.82 bits per heavy atom. The topological polar surface area (TPSA) is 26.3 Å². The molecule has 2 nitrogen and oxygen atoms in total. The Balaban J connectivity index is 1.13. The molecule has 0 spiro atoms. The zero-order valence-electron chi connectivity index (χ0n) is 24.2. The van der Waals surface area contributed by atoms with Crippen LogP contribution in [-0.4, -0.2) is 12.4 Å². The third-order valence-corrected chi connectivity index (χ3v) is 7.26. The SMILES string of the molecule is C=C(C)c1ccc(COCCCCCCCCCCCCc2ccc(C=CC(=O)c3ccc(F)cc3)cc2)cc1. The first-order valence-electron chi connectivity index (χ1n) is 14.9. The lowest BCUT2D eigenvalue weighted by Crippen LogP contribution is -1.96. The Hall–Kier alpha value is -3.30. The van der Waals surface area contributed by atoms with Gasteiger partial charge in [-0.2, -0.15) is 0 Å². The molecule has 3 aromatic carbocycles. The minimum absolute atomic E-state index is 0.119. The van der Waals surface area contributed by atoms with Gasteiger partial charge in [0.1, 0.15) is 5.82 Å². The number of rotatable bonds is 19. The van der Waals surface area contributed by atoms with Crippen molar-refractivity contribution in [1.82, 2.24) is 0 Å². The standard InChI is InChI=1S/C37H45FO2/c1-30(2)34-21-18-33(19-22-34)29-40-28-12-10-8-6-4-3-5-7-9-11-13-31-14-16-32(17-15-31)20-27-37(39)35-23-25-36(38)26-24-35/h14-27H,1,3-13,28-29H2,2H3. The molecule has 0 heterocycles. The quantitative estimate of drug-likeness (QED) is 0.0859. The van der Waals surface area contributed by atoms with Crippen LogP contribution in [0.5, 0.6) is 0 Å². The summed E-state index contributed by atoms with van der Waals surface area (Å²) in [6.07, 6.45) is 17.3. The van der Waals surface area contributed by atoms with Crippen LogP contribution in [-0.2, 0) is 17.8 Å². The van der Waals surface area contributed by atoms with Gasteiger partial charge in [-0.05, 0) is 78.8 Å². The number of hydrogen-bond acceptors (Lipinski definition) is 2. The third kappa shape index (κ3) is 12.3. The highest BCUT2D eigenvalue weighted by molar-refractivity contribution is 6.06. The van der Waals surface area contributed by atoms with Crippen molar-refractivity contribution in [3.8, 4) is 0 Å². The first kappa shape index (κ1) is 31.2. The molecule has 0 radical (unpaired) electrons. The zero-order valence-corrected chi connectivity index (χ0v) is 24.2. The van der Waals surface area contributed by atoms with Gasteiger partial charge < -0.3 is 4.74 Å². The molecule has 3 heteroatoms. The molecule has 212 valence electrons. The van der Waals surface area contributed by atoms with Gasteiger partial charge in [0, 0.05) is 12.2 Å². The van der Waals surface area contributed by atoms with E-state index in [-0.39, 0.29) is 11.6 Å². The maximum Gasteiger partial charge on any atom is 0.185 e. The van der Waals surface area contributed by atoms with Crippen LogP contribution in [0.3, 0.4) is 0 Å². The number of ether oxygens (including phenoxy) is 1. The normalized spacial score (nSPS) is 11.2. The Bertz CT molecular complexity index is 1170. The number of hydrogen-bond donors (Lipinski definition) is 0. The average molecular weight is 541 g/mol. The van der Waals surface area contributed by atoms with Gasteiger partial charge in [0.2, 0.25) is 0 Å². The molecule has 0 aliphatic heterocycles. The van der Waals surface area contributed by atoms with Gasteiger partial charge >= 0.3 is 0 Å². The Morgan fingerprint density at radius 1 is 0.700 bits per heavy atom. The van der Waals surface area contributed by atoms with Gasteiger partial charge in [-0.3, -0.25) is 4.79 Å². The van der Waals surface area contributed by atoms with Crippen molar-refractivity contribution < 1.29 is 13.9 Å². The fourth-order valence-corrected chi connectivity index (χ4v) is 4.70. The fourth-order valence-electron chi connectivity index (χ4n) is 4.70. The van der Waals surface area contributed by atoms with E-state index in [1.165, 1.54) is 98.7 Å². The first-order valence-corrected chi connectivity index (χ1v) is 14.9. The Kier molecular flexibility index (Phi) is 14.2. The summed E-state index contributed by atoms with van der Waals surface area (Å²) in [4.78, 5) is 12.2. The second-order valence-electron chi connectivity index (χ2n) is 10.8. The molecule has 40 heavy (non-hydrogen) atoms. The highest BCUT2D eigenvalue weighted by Gasteiger charge is 2.02. The van der Waals surface area contributed by atoms with E-state index >= 15 is 0 Å². The summed E-state index contributed by atoms with van der Waals surface area (Å²) in [5, 5.41) is 0. The maximum absolute atomic E-state index is 13.0. The summed E-state index contributed by atoms with van der Waals surface area (Å²) >= 11 is 0. The predicted molar refractivity (Wildman–Crippen MR) is 167 cm³/mol. The van der Waals surface area contributed by atoms with Crippen molar-refractivity contribution in [1.29, 1.82) is 0 Å². The number of ketones is 1. The smallest absolute Gasteiger partial charge is 0.185 e. The van der Waals surface area contributed by atoms with E-state index in [0.717, 1.165) is 30.6 Å². The molecule has 0 aliphatic carbocycles. The monoisotopic (exact) mass is 540 g/mol. The zero-order chi connectivity index (χ0) is 28.4. The van der Waals surface area contributed by atoms with E-state index in [9.17, 15) is 9.18 Å². The minimum atomic E-state index is -0.336. The van der Waals surface area contributed by atoms with Gasteiger partial charge in [-0.15, -0.1) is 0 Å². The summed E-state index contributed by atoms with van der Waals surface area (Å²) in [5.74, 6) is -0.455. The molecule has 0 aliphatic rings. The summed E-state index contributed by atoms with van der Waals surface area (Å²) in [5.41, 5.74) is 6.34. The van der Waals surface area contributed by atoms with Gasteiger partial charge in [-0.25, -0.2) is 4.39 Å². The summed E-state index contributed by atoms with van der Waals surface area (Å²) in [7, 11) is 0. The van der Waals surface area contributed by atoms with Gasteiger partial charge in [0.05, 0.1) is 6.61 Å². The molecule has 0 fully saturated rings. The summed E-state index contributed by atoms with van der Waals surface area (Å²) in [6, 6.07) is 22.5. The number of allylic oxidation sites excluding steroid dienone is 2. The molecule has 0 saturated carbocycles. The number of aryl methyl sites for hydroxylation is 1. The molecule has 0 unspecified atom stereocenters. The fraction of sp³-hybridized carbons (Fsp3) is 0.378. The van der Waals surface area contributed by atoms with Crippen LogP contribution in [0.15, 0.2) is 85.5 Å². The lowest BCUT2D eigenvalue weighted by molar-refractivity contribution is 0.104. The molecular formula is C37H45FO2. The first-order chi connectivity index (χ1) is 19.5. The number of halogens is 1. The molecule has 0 amide bonds. The average Bonchev–Trinajstić information content (AvgIpc) is 2.97. The van der Waals surface area contributed by atoms with Crippen LogP contribution in [0.4, 0.5) is 4.39 Å². The maximum atomic E-state index is 13.0.